The summed E-state index contributed by atoms with van der Waals surface area (Å²) in [5, 5.41) is 1.41. The van der Waals surface area contributed by atoms with Crippen molar-refractivity contribution in [1.82, 2.24) is 0 Å². The van der Waals surface area contributed by atoms with E-state index in [0.717, 1.165) is 25.7 Å². The molecule has 0 saturated heterocycles. The van der Waals surface area contributed by atoms with Crippen molar-refractivity contribution in [2.45, 2.75) is 38.5 Å². The molecular weight excluding hydrogens is 228 g/mol. The molecule has 1 saturated carbocycles. The fourth-order valence-electron chi connectivity index (χ4n) is 2.92. The van der Waals surface area contributed by atoms with E-state index in [-0.39, 0.29) is 0 Å². The van der Waals surface area contributed by atoms with E-state index in [9.17, 15) is 4.79 Å². The molecule has 0 radical (unpaired) electrons. The first-order valence-electron chi connectivity index (χ1n) is 6.25. The van der Waals surface area contributed by atoms with Crippen molar-refractivity contribution in [2.24, 2.45) is 0 Å². The van der Waals surface area contributed by atoms with Crippen molar-refractivity contribution in [2.75, 3.05) is 0 Å². The Morgan fingerprint density at radius 3 is 2.65 bits per heavy atom. The Labute approximate surface area is 105 Å². The Balaban J connectivity index is 2.04. The van der Waals surface area contributed by atoms with Gasteiger partial charge in [0.2, 0.25) is 0 Å². The summed E-state index contributed by atoms with van der Waals surface area (Å²) < 4.78 is 1.39. The largest absolute Gasteiger partial charge is 0.300 e. The first kappa shape index (κ1) is 11.0. The van der Waals surface area contributed by atoms with Crippen molar-refractivity contribution >= 4 is 27.2 Å². The monoisotopic (exact) mass is 244 g/mol. The van der Waals surface area contributed by atoms with Gasteiger partial charge in [-0.25, -0.2) is 0 Å². The normalized spacial score (nSPS) is 17.8. The summed E-state index contributed by atoms with van der Waals surface area (Å²) in [7, 11) is 0. The van der Waals surface area contributed by atoms with Crippen LogP contribution >= 0.6 is 11.3 Å². The molecule has 88 valence electrons. The summed E-state index contributed by atoms with van der Waals surface area (Å²) >= 11 is 1.89. The van der Waals surface area contributed by atoms with Crippen LogP contribution in [0.25, 0.3) is 10.1 Å². The number of ketones is 1. The molecule has 1 nitrogen and oxygen atoms in total. The SMILES string of the molecule is Cc1sc2ccccc2c1C1CCC(=O)CC1. The van der Waals surface area contributed by atoms with E-state index in [1.165, 1.54) is 20.5 Å². The van der Waals surface area contributed by atoms with Crippen LogP contribution in [0, 0.1) is 6.92 Å². The number of thiophene rings is 1. The number of Topliss-reactive ketones (excluding diaryl/α,β-unsaturated/α-hetero) is 1. The van der Waals surface area contributed by atoms with Crippen molar-refractivity contribution in [1.29, 1.82) is 0 Å². The summed E-state index contributed by atoms with van der Waals surface area (Å²) in [6.07, 6.45) is 3.63. The average Bonchev–Trinajstić information content (AvgIpc) is 2.66. The highest BCUT2D eigenvalue weighted by Gasteiger charge is 2.24. The Bertz CT molecular complexity index is 557. The summed E-state index contributed by atoms with van der Waals surface area (Å²) in [6, 6.07) is 8.65. The second-order valence-electron chi connectivity index (χ2n) is 4.88. The van der Waals surface area contributed by atoms with E-state index >= 15 is 0 Å². The zero-order valence-corrected chi connectivity index (χ0v) is 10.8. The maximum absolute atomic E-state index is 11.3. The number of rotatable bonds is 1. The van der Waals surface area contributed by atoms with Gasteiger partial charge >= 0.3 is 0 Å². The highest BCUT2D eigenvalue weighted by molar-refractivity contribution is 7.19. The average molecular weight is 244 g/mol. The predicted molar refractivity (Wildman–Crippen MR) is 72.8 cm³/mol. The van der Waals surface area contributed by atoms with Crippen molar-refractivity contribution in [3.63, 3.8) is 0 Å². The molecule has 3 rings (SSSR count). The third kappa shape index (κ3) is 1.91. The van der Waals surface area contributed by atoms with Crippen LogP contribution in [0.4, 0.5) is 0 Å². The summed E-state index contributed by atoms with van der Waals surface area (Å²) in [4.78, 5) is 12.8. The Morgan fingerprint density at radius 2 is 1.88 bits per heavy atom. The van der Waals surface area contributed by atoms with E-state index in [1.54, 1.807) is 0 Å². The first-order valence-corrected chi connectivity index (χ1v) is 7.07. The lowest BCUT2D eigenvalue weighted by Crippen LogP contribution is -2.12. The van der Waals surface area contributed by atoms with Crippen LogP contribution in [0.3, 0.4) is 0 Å². The number of aryl methyl sites for hydroxylation is 1. The molecule has 0 bridgehead atoms. The van der Waals surface area contributed by atoms with Gasteiger partial charge in [-0.05, 0) is 42.7 Å². The fourth-order valence-corrected chi connectivity index (χ4v) is 4.07. The molecule has 2 heteroatoms. The van der Waals surface area contributed by atoms with Crippen LogP contribution < -0.4 is 0 Å². The molecule has 1 aromatic carbocycles. The van der Waals surface area contributed by atoms with Gasteiger partial charge in [-0.3, -0.25) is 4.79 Å². The van der Waals surface area contributed by atoms with Crippen LogP contribution in [-0.4, -0.2) is 5.78 Å². The van der Waals surface area contributed by atoms with Crippen LogP contribution in [-0.2, 0) is 4.79 Å². The second-order valence-corrected chi connectivity index (χ2v) is 6.14. The molecule has 0 amide bonds. The lowest BCUT2D eigenvalue weighted by molar-refractivity contribution is -0.120. The highest BCUT2D eigenvalue weighted by Crippen LogP contribution is 2.41. The number of hydrogen-bond acceptors (Lipinski definition) is 2. The third-order valence-corrected chi connectivity index (χ3v) is 4.87. The second kappa shape index (κ2) is 4.26. The third-order valence-electron chi connectivity index (χ3n) is 3.77. The molecule has 0 atom stereocenters. The van der Waals surface area contributed by atoms with Gasteiger partial charge in [0.25, 0.3) is 0 Å². The quantitative estimate of drug-likeness (QED) is 0.725. The van der Waals surface area contributed by atoms with Crippen molar-refractivity contribution < 1.29 is 4.79 Å². The fraction of sp³-hybridized carbons (Fsp3) is 0.400. The zero-order valence-electron chi connectivity index (χ0n) is 10.0. The van der Waals surface area contributed by atoms with E-state index in [4.69, 9.17) is 0 Å². The minimum Gasteiger partial charge on any atom is -0.300 e. The number of hydrogen-bond donors (Lipinski definition) is 0. The van der Waals surface area contributed by atoms with Gasteiger partial charge < -0.3 is 0 Å². The molecule has 1 aromatic heterocycles. The molecule has 0 spiro atoms. The van der Waals surface area contributed by atoms with Crippen molar-refractivity contribution in [3.05, 3.63) is 34.7 Å². The molecular formula is C15H16OS. The molecule has 1 aliphatic carbocycles. The van der Waals surface area contributed by atoms with E-state index in [2.05, 4.69) is 31.2 Å². The highest BCUT2D eigenvalue weighted by atomic mass is 32.1. The van der Waals surface area contributed by atoms with Crippen LogP contribution in [0.15, 0.2) is 24.3 Å². The molecule has 17 heavy (non-hydrogen) atoms. The van der Waals surface area contributed by atoms with Gasteiger partial charge in [0, 0.05) is 22.4 Å². The van der Waals surface area contributed by atoms with Gasteiger partial charge in [-0.2, -0.15) is 0 Å². The number of benzene rings is 1. The minimum absolute atomic E-state index is 0.443. The number of fused-ring (bicyclic) bond motifs is 1. The number of carbonyl (C=O) groups is 1. The topological polar surface area (TPSA) is 17.1 Å². The Morgan fingerprint density at radius 1 is 1.18 bits per heavy atom. The smallest absolute Gasteiger partial charge is 0.132 e. The van der Waals surface area contributed by atoms with E-state index in [0.29, 0.717) is 11.7 Å². The van der Waals surface area contributed by atoms with E-state index in [1.807, 2.05) is 11.3 Å². The summed E-state index contributed by atoms with van der Waals surface area (Å²) in [5.41, 5.74) is 1.51. The van der Waals surface area contributed by atoms with Gasteiger partial charge in [0.05, 0.1) is 0 Å². The number of carbonyl (C=O) groups excluding carboxylic acids is 1. The summed E-state index contributed by atoms with van der Waals surface area (Å²) in [6.45, 7) is 2.22. The van der Waals surface area contributed by atoms with Gasteiger partial charge in [-0.1, -0.05) is 18.2 Å². The lowest BCUT2D eigenvalue weighted by Gasteiger charge is -2.21. The van der Waals surface area contributed by atoms with Crippen LogP contribution in [0.1, 0.15) is 42.0 Å². The Hall–Kier alpha value is -1.15. The maximum Gasteiger partial charge on any atom is 0.132 e. The van der Waals surface area contributed by atoms with E-state index < -0.39 is 0 Å². The van der Waals surface area contributed by atoms with Gasteiger partial charge in [0.1, 0.15) is 5.78 Å². The molecule has 0 N–H and O–H groups in total. The standard InChI is InChI=1S/C15H16OS/c1-10-15(11-6-8-12(16)9-7-11)13-4-2-3-5-14(13)17-10/h2-5,11H,6-9H2,1H3. The molecule has 1 aliphatic rings. The minimum atomic E-state index is 0.443. The molecule has 2 aromatic rings. The molecule has 1 fully saturated rings. The predicted octanol–water partition coefficient (Wildman–Crippen LogP) is 4.44. The van der Waals surface area contributed by atoms with Crippen LogP contribution in [0.2, 0.25) is 0 Å². The lowest BCUT2D eigenvalue weighted by atomic mass is 9.82. The van der Waals surface area contributed by atoms with Gasteiger partial charge in [-0.15, -0.1) is 11.3 Å². The zero-order chi connectivity index (χ0) is 11.8. The Kier molecular flexibility index (Phi) is 2.75. The maximum atomic E-state index is 11.3. The molecule has 1 heterocycles. The van der Waals surface area contributed by atoms with Gasteiger partial charge in [0.15, 0.2) is 0 Å². The van der Waals surface area contributed by atoms with Crippen LogP contribution in [0.5, 0.6) is 0 Å². The van der Waals surface area contributed by atoms with Crippen molar-refractivity contribution in [3.8, 4) is 0 Å². The first-order chi connectivity index (χ1) is 8.25. The summed E-state index contributed by atoms with van der Waals surface area (Å²) in [5.74, 6) is 1.04. The molecule has 0 aliphatic heterocycles. The molecule has 0 unspecified atom stereocenters.